The van der Waals surface area contributed by atoms with Gasteiger partial charge in [0.05, 0.1) is 22.0 Å². The molecule has 2 amide bonds. The molecule has 0 aliphatic heterocycles. The van der Waals surface area contributed by atoms with Gasteiger partial charge in [0.15, 0.2) is 0 Å². The van der Waals surface area contributed by atoms with Crippen LogP contribution < -0.4 is 9.62 Å². The summed E-state index contributed by atoms with van der Waals surface area (Å²) in [7, 11) is -3.55. The van der Waals surface area contributed by atoms with Gasteiger partial charge in [-0.1, -0.05) is 54.4 Å². The molecule has 0 saturated heterocycles. The fourth-order valence-corrected chi connectivity index (χ4v) is 5.38. The number of nitrogens with zero attached hydrogens (tertiary/aromatic N) is 2. The van der Waals surface area contributed by atoms with Crippen LogP contribution in [-0.4, -0.2) is 49.5 Å². The third kappa shape index (κ3) is 9.20. The second-order valence-electron chi connectivity index (χ2n) is 10.2. The predicted molar refractivity (Wildman–Crippen MR) is 152 cm³/mol. The number of benzene rings is 2. The fraction of sp³-hybridized carbons (Fsp3) is 0.481. The van der Waals surface area contributed by atoms with Gasteiger partial charge in [0.1, 0.15) is 6.04 Å². The highest BCUT2D eigenvalue weighted by Gasteiger charge is 2.31. The number of anilines is 1. The van der Waals surface area contributed by atoms with Gasteiger partial charge in [-0.25, -0.2) is 8.42 Å². The molecule has 2 aromatic rings. The Morgan fingerprint density at radius 1 is 1.05 bits per heavy atom. The van der Waals surface area contributed by atoms with Crippen molar-refractivity contribution < 1.29 is 18.0 Å². The predicted octanol–water partition coefficient (Wildman–Crippen LogP) is 5.57. The Hall–Kier alpha value is -2.29. The molecule has 7 nitrogen and oxygen atoms in total. The number of aryl methyl sites for hydroxylation is 1. The van der Waals surface area contributed by atoms with Crippen LogP contribution in [0.25, 0.3) is 0 Å². The second-order valence-corrected chi connectivity index (χ2v) is 12.9. The van der Waals surface area contributed by atoms with E-state index in [1.807, 2.05) is 46.8 Å². The van der Waals surface area contributed by atoms with Gasteiger partial charge < -0.3 is 10.2 Å². The minimum absolute atomic E-state index is 0.0680. The summed E-state index contributed by atoms with van der Waals surface area (Å²) in [5, 5.41) is 3.73. The highest BCUT2D eigenvalue weighted by molar-refractivity contribution is 7.92. The van der Waals surface area contributed by atoms with Crippen LogP contribution in [0.15, 0.2) is 42.5 Å². The number of halogens is 2. The molecule has 0 heterocycles. The van der Waals surface area contributed by atoms with E-state index in [2.05, 4.69) is 5.32 Å². The number of para-hydroxylation sites is 1. The third-order valence-corrected chi connectivity index (χ3v) is 7.68. The first-order chi connectivity index (χ1) is 17.1. The van der Waals surface area contributed by atoms with E-state index < -0.39 is 21.6 Å². The second kappa shape index (κ2) is 13.0. The van der Waals surface area contributed by atoms with E-state index in [0.717, 1.165) is 17.4 Å². The molecule has 0 radical (unpaired) electrons. The van der Waals surface area contributed by atoms with Gasteiger partial charge in [-0.05, 0) is 69.9 Å². The van der Waals surface area contributed by atoms with Crippen molar-refractivity contribution in [2.24, 2.45) is 0 Å². The summed E-state index contributed by atoms with van der Waals surface area (Å²) in [5.41, 5.74) is 1.68. The van der Waals surface area contributed by atoms with E-state index in [1.54, 1.807) is 35.2 Å². The zero-order valence-corrected chi connectivity index (χ0v) is 24.7. The molecule has 0 aliphatic carbocycles. The molecule has 0 bridgehead atoms. The van der Waals surface area contributed by atoms with Gasteiger partial charge in [-0.15, -0.1) is 0 Å². The molecule has 0 aromatic heterocycles. The van der Waals surface area contributed by atoms with Crippen molar-refractivity contribution in [3.63, 3.8) is 0 Å². The molecule has 37 heavy (non-hydrogen) atoms. The maximum Gasteiger partial charge on any atom is 0.243 e. The monoisotopic (exact) mass is 569 g/mol. The molecule has 0 spiro atoms. The molecule has 2 aromatic carbocycles. The largest absolute Gasteiger partial charge is 0.350 e. The summed E-state index contributed by atoms with van der Waals surface area (Å²) < 4.78 is 26.4. The van der Waals surface area contributed by atoms with E-state index in [4.69, 9.17) is 23.2 Å². The molecule has 0 fully saturated rings. The number of sulfonamides is 1. The zero-order chi connectivity index (χ0) is 28.0. The van der Waals surface area contributed by atoms with Crippen LogP contribution in [0.5, 0.6) is 0 Å². The Labute approximate surface area is 231 Å². The first-order valence-corrected chi connectivity index (χ1v) is 14.8. The quantitative estimate of drug-likeness (QED) is 0.383. The highest BCUT2D eigenvalue weighted by atomic mass is 35.5. The van der Waals surface area contributed by atoms with Crippen molar-refractivity contribution in [3.8, 4) is 0 Å². The van der Waals surface area contributed by atoms with Gasteiger partial charge >= 0.3 is 0 Å². The zero-order valence-electron chi connectivity index (χ0n) is 22.3. The Kier molecular flexibility index (Phi) is 10.9. The number of hydrogen-bond acceptors (Lipinski definition) is 4. The molecule has 1 atom stereocenters. The molecule has 1 N–H and O–H groups in total. The molecular formula is C27H37Cl2N3O4S. The summed E-state index contributed by atoms with van der Waals surface area (Å²) in [4.78, 5) is 28.2. The maximum atomic E-state index is 13.5. The van der Waals surface area contributed by atoms with E-state index in [9.17, 15) is 18.0 Å². The lowest BCUT2D eigenvalue weighted by atomic mass is 10.0. The average Bonchev–Trinajstić information content (AvgIpc) is 2.77. The van der Waals surface area contributed by atoms with Crippen LogP contribution in [0.1, 0.15) is 58.1 Å². The lowest BCUT2D eigenvalue weighted by Gasteiger charge is -2.33. The minimum Gasteiger partial charge on any atom is -0.350 e. The van der Waals surface area contributed by atoms with Gasteiger partial charge in [0.2, 0.25) is 21.8 Å². The van der Waals surface area contributed by atoms with Crippen LogP contribution in [0.3, 0.4) is 0 Å². The van der Waals surface area contributed by atoms with Crippen LogP contribution in [0.2, 0.25) is 10.0 Å². The molecule has 2 rings (SSSR count). The highest BCUT2D eigenvalue weighted by Crippen LogP contribution is 2.25. The average molecular weight is 571 g/mol. The van der Waals surface area contributed by atoms with Crippen LogP contribution in [0, 0.1) is 6.92 Å². The first-order valence-electron chi connectivity index (χ1n) is 12.2. The van der Waals surface area contributed by atoms with Crippen molar-refractivity contribution >= 4 is 50.7 Å². The first kappa shape index (κ1) is 30.9. The molecular weight excluding hydrogens is 533 g/mol. The standard InChI is InChI=1S/C27H37Cl2N3O4S/c1-7-23(26(34)30-27(3,4)5)31(18-20-14-15-21(28)22(29)17-20)25(33)13-10-16-32(37(6,35)36)24-12-9-8-11-19(24)2/h8-9,11-12,14-15,17,23H,7,10,13,16,18H2,1-6H3,(H,30,34)/t23-/m1/s1. The van der Waals surface area contributed by atoms with Gasteiger partial charge in [-0.3, -0.25) is 13.9 Å². The van der Waals surface area contributed by atoms with E-state index in [1.165, 1.54) is 4.31 Å². The summed E-state index contributed by atoms with van der Waals surface area (Å²) in [6.45, 7) is 9.65. The van der Waals surface area contributed by atoms with Crippen LogP contribution in [0.4, 0.5) is 5.69 Å². The normalized spacial score (nSPS) is 12.6. The molecule has 0 unspecified atom stereocenters. The lowest BCUT2D eigenvalue weighted by Crippen LogP contribution is -2.53. The van der Waals surface area contributed by atoms with Crippen LogP contribution >= 0.6 is 23.2 Å². The summed E-state index contributed by atoms with van der Waals surface area (Å²) in [6, 6.07) is 11.6. The Morgan fingerprint density at radius 3 is 2.24 bits per heavy atom. The maximum absolute atomic E-state index is 13.5. The number of nitrogens with one attached hydrogen (secondary N) is 1. The lowest BCUT2D eigenvalue weighted by molar-refractivity contribution is -0.142. The van der Waals surface area contributed by atoms with Crippen molar-refractivity contribution in [3.05, 3.63) is 63.6 Å². The summed E-state index contributed by atoms with van der Waals surface area (Å²) >= 11 is 12.3. The van der Waals surface area contributed by atoms with Gasteiger partial charge in [0, 0.05) is 25.0 Å². The van der Waals surface area contributed by atoms with Crippen molar-refractivity contribution in [1.82, 2.24) is 10.2 Å². The molecule has 204 valence electrons. The van der Waals surface area contributed by atoms with E-state index in [-0.39, 0.29) is 37.7 Å². The van der Waals surface area contributed by atoms with Crippen LogP contribution in [-0.2, 0) is 26.2 Å². The summed E-state index contributed by atoms with van der Waals surface area (Å²) in [6.07, 6.45) is 1.92. The fourth-order valence-electron chi connectivity index (χ4n) is 4.03. The Morgan fingerprint density at radius 2 is 1.70 bits per heavy atom. The smallest absolute Gasteiger partial charge is 0.243 e. The van der Waals surface area contributed by atoms with E-state index >= 15 is 0 Å². The molecule has 10 heteroatoms. The number of rotatable bonds is 11. The van der Waals surface area contributed by atoms with Gasteiger partial charge in [-0.2, -0.15) is 0 Å². The topological polar surface area (TPSA) is 86.8 Å². The molecule has 0 aliphatic rings. The SMILES string of the molecule is CC[C@H](C(=O)NC(C)(C)C)N(Cc1ccc(Cl)c(Cl)c1)C(=O)CCCN(c1ccccc1C)S(C)(=O)=O. The summed E-state index contributed by atoms with van der Waals surface area (Å²) in [5.74, 6) is -0.499. The Bertz CT molecular complexity index is 1210. The number of amides is 2. The van der Waals surface area contributed by atoms with Crippen molar-refractivity contribution in [2.75, 3.05) is 17.1 Å². The van der Waals surface area contributed by atoms with E-state index in [0.29, 0.717) is 22.2 Å². The number of hydrogen-bond donors (Lipinski definition) is 1. The Balaban J connectivity index is 2.28. The van der Waals surface area contributed by atoms with Crippen molar-refractivity contribution in [2.45, 2.75) is 72.0 Å². The number of carbonyl (C=O) groups excluding carboxylic acids is 2. The van der Waals surface area contributed by atoms with Crippen molar-refractivity contribution in [1.29, 1.82) is 0 Å². The third-order valence-electron chi connectivity index (χ3n) is 5.76. The number of carbonyl (C=O) groups is 2. The molecule has 0 saturated carbocycles. The minimum atomic E-state index is -3.55. The van der Waals surface area contributed by atoms with Gasteiger partial charge in [0.25, 0.3) is 0 Å².